The smallest absolute Gasteiger partial charge is 0.230 e. The number of nitrogens with one attached hydrogen (secondary N) is 1. The van der Waals surface area contributed by atoms with Crippen molar-refractivity contribution in [2.75, 3.05) is 7.05 Å². The minimum Gasteiger partial charge on any atom is -0.465 e. The summed E-state index contributed by atoms with van der Waals surface area (Å²) in [6.45, 7) is 4.39. The molecule has 4 rings (SSSR count). The van der Waals surface area contributed by atoms with Crippen molar-refractivity contribution in [1.29, 1.82) is 0 Å². The molecule has 22 heavy (non-hydrogen) atoms. The van der Waals surface area contributed by atoms with E-state index in [4.69, 9.17) is 8.94 Å². The molecule has 5 nitrogen and oxygen atoms in total. The molecule has 2 aromatic rings. The van der Waals surface area contributed by atoms with Gasteiger partial charge in [-0.25, -0.2) is 0 Å². The molecule has 2 heterocycles. The Bertz CT molecular complexity index is 662. The summed E-state index contributed by atoms with van der Waals surface area (Å²) in [4.78, 5) is 4.54. The molecule has 0 bridgehead atoms. The Hall–Kier alpha value is -1.62. The van der Waals surface area contributed by atoms with Crippen molar-refractivity contribution in [1.82, 2.24) is 15.5 Å². The summed E-state index contributed by atoms with van der Waals surface area (Å²) in [6.07, 6.45) is 3.11. The van der Waals surface area contributed by atoms with Crippen molar-refractivity contribution in [3.63, 3.8) is 0 Å². The third-order valence-electron chi connectivity index (χ3n) is 5.06. The molecule has 2 aliphatic rings. The quantitative estimate of drug-likeness (QED) is 0.887. The molecule has 2 saturated carbocycles. The fourth-order valence-corrected chi connectivity index (χ4v) is 3.14. The number of aromatic nitrogens is 2. The molecular weight excluding hydrogens is 278 g/mol. The highest BCUT2D eigenvalue weighted by molar-refractivity contribution is 5.27. The van der Waals surface area contributed by atoms with Crippen LogP contribution in [0.4, 0.5) is 0 Å². The molecule has 0 amide bonds. The van der Waals surface area contributed by atoms with Crippen molar-refractivity contribution in [2.24, 2.45) is 5.92 Å². The van der Waals surface area contributed by atoms with Crippen LogP contribution >= 0.6 is 0 Å². The maximum absolute atomic E-state index is 6.04. The van der Waals surface area contributed by atoms with Gasteiger partial charge in [-0.05, 0) is 44.9 Å². The Labute approximate surface area is 130 Å². The summed E-state index contributed by atoms with van der Waals surface area (Å²) in [6, 6.07) is 4.63. The number of hydrogen-bond acceptors (Lipinski definition) is 5. The van der Waals surface area contributed by atoms with Crippen molar-refractivity contribution in [3.8, 4) is 0 Å². The van der Waals surface area contributed by atoms with Crippen LogP contribution in [0.15, 0.2) is 21.1 Å². The van der Waals surface area contributed by atoms with Gasteiger partial charge in [0.05, 0.1) is 0 Å². The largest absolute Gasteiger partial charge is 0.465 e. The molecule has 2 aromatic heterocycles. The van der Waals surface area contributed by atoms with Crippen LogP contribution in [0.5, 0.6) is 0 Å². The Balaban J connectivity index is 1.40. The molecule has 0 saturated heterocycles. The third-order valence-corrected chi connectivity index (χ3v) is 5.06. The molecule has 1 N–H and O–H groups in total. The average Bonchev–Trinajstić information content (AvgIpc) is 3.34. The van der Waals surface area contributed by atoms with Crippen LogP contribution in [0, 0.1) is 5.92 Å². The van der Waals surface area contributed by atoms with E-state index in [1.807, 2.05) is 7.05 Å². The maximum atomic E-state index is 6.04. The van der Waals surface area contributed by atoms with Crippen molar-refractivity contribution in [3.05, 3.63) is 35.4 Å². The molecule has 5 heteroatoms. The molecule has 0 aliphatic heterocycles. The Kier molecular flexibility index (Phi) is 3.33. The van der Waals surface area contributed by atoms with Gasteiger partial charge in [-0.1, -0.05) is 12.1 Å². The van der Waals surface area contributed by atoms with Gasteiger partial charge in [0, 0.05) is 30.2 Å². The SMILES string of the molecule is CNC(C)Cc1noc(C2CC2c2ccc(C3CC3C)o2)n1. The zero-order valence-corrected chi connectivity index (χ0v) is 13.4. The van der Waals surface area contributed by atoms with Gasteiger partial charge < -0.3 is 14.3 Å². The van der Waals surface area contributed by atoms with Gasteiger partial charge >= 0.3 is 0 Å². The van der Waals surface area contributed by atoms with Crippen molar-refractivity contribution in [2.45, 2.75) is 56.9 Å². The number of furan rings is 1. The highest BCUT2D eigenvalue weighted by Gasteiger charge is 2.46. The number of hydrogen-bond donors (Lipinski definition) is 1. The van der Waals surface area contributed by atoms with Gasteiger partial charge in [0.15, 0.2) is 5.82 Å². The lowest BCUT2D eigenvalue weighted by atomic mass is 10.2. The van der Waals surface area contributed by atoms with Crippen LogP contribution in [-0.2, 0) is 6.42 Å². The van der Waals surface area contributed by atoms with E-state index in [2.05, 4.69) is 41.4 Å². The first-order chi connectivity index (χ1) is 10.7. The van der Waals surface area contributed by atoms with Crippen LogP contribution in [0.25, 0.3) is 0 Å². The Morgan fingerprint density at radius 3 is 2.64 bits per heavy atom. The summed E-state index contributed by atoms with van der Waals surface area (Å²) in [7, 11) is 1.94. The lowest BCUT2D eigenvalue weighted by molar-refractivity contribution is 0.368. The molecule has 118 valence electrons. The second kappa shape index (κ2) is 5.23. The molecule has 0 aromatic carbocycles. The van der Waals surface area contributed by atoms with Crippen molar-refractivity contribution >= 4 is 0 Å². The summed E-state index contributed by atoms with van der Waals surface area (Å²) in [5, 5.41) is 7.28. The van der Waals surface area contributed by atoms with Gasteiger partial charge in [-0.3, -0.25) is 0 Å². The monoisotopic (exact) mass is 301 g/mol. The summed E-state index contributed by atoms with van der Waals surface area (Å²) in [5.74, 6) is 5.96. The van der Waals surface area contributed by atoms with E-state index in [0.29, 0.717) is 23.8 Å². The second-order valence-electron chi connectivity index (χ2n) is 6.95. The highest BCUT2D eigenvalue weighted by atomic mass is 16.5. The minimum absolute atomic E-state index is 0.335. The van der Waals surface area contributed by atoms with E-state index in [9.17, 15) is 0 Å². The normalized spacial score (nSPS) is 31.2. The van der Waals surface area contributed by atoms with E-state index >= 15 is 0 Å². The van der Waals surface area contributed by atoms with Crippen LogP contribution in [-0.4, -0.2) is 23.2 Å². The zero-order chi connectivity index (χ0) is 15.3. The zero-order valence-electron chi connectivity index (χ0n) is 13.4. The molecule has 0 radical (unpaired) electrons. The fraction of sp³-hybridized carbons (Fsp3) is 0.647. The van der Waals surface area contributed by atoms with Gasteiger partial charge in [-0.2, -0.15) is 4.98 Å². The molecule has 5 atom stereocenters. The van der Waals surface area contributed by atoms with Gasteiger partial charge in [-0.15, -0.1) is 0 Å². The Morgan fingerprint density at radius 1 is 1.23 bits per heavy atom. The summed E-state index contributed by atoms with van der Waals surface area (Å²) >= 11 is 0. The van der Waals surface area contributed by atoms with E-state index < -0.39 is 0 Å². The van der Waals surface area contributed by atoms with Crippen LogP contribution in [0.1, 0.15) is 67.7 Å². The van der Waals surface area contributed by atoms with E-state index in [-0.39, 0.29) is 0 Å². The van der Waals surface area contributed by atoms with Crippen LogP contribution in [0.2, 0.25) is 0 Å². The summed E-state index contributed by atoms with van der Waals surface area (Å²) in [5.41, 5.74) is 0. The van der Waals surface area contributed by atoms with Crippen LogP contribution in [0.3, 0.4) is 0 Å². The molecule has 2 aliphatic carbocycles. The van der Waals surface area contributed by atoms with Gasteiger partial charge in [0.2, 0.25) is 5.89 Å². The second-order valence-corrected chi connectivity index (χ2v) is 6.95. The average molecular weight is 301 g/mol. The third kappa shape index (κ3) is 2.58. The van der Waals surface area contributed by atoms with E-state index in [1.54, 1.807) is 0 Å². The van der Waals surface area contributed by atoms with E-state index in [0.717, 1.165) is 42.0 Å². The fourth-order valence-electron chi connectivity index (χ4n) is 3.14. The predicted octanol–water partition coefficient (Wildman–Crippen LogP) is 3.21. The van der Waals surface area contributed by atoms with Gasteiger partial charge in [0.1, 0.15) is 11.5 Å². The summed E-state index contributed by atoms with van der Waals surface area (Å²) < 4.78 is 11.5. The molecule has 0 spiro atoms. The number of nitrogens with zero attached hydrogens (tertiary/aromatic N) is 2. The number of likely N-dealkylation sites (N-methyl/N-ethyl adjacent to an activating group) is 1. The highest BCUT2D eigenvalue weighted by Crippen LogP contribution is 2.56. The standard InChI is InChI=1S/C17H23N3O2/c1-9-6-11(9)14-4-5-15(21-14)12-8-13(12)17-19-16(20-22-17)7-10(2)18-3/h4-5,9-13,18H,6-8H2,1-3H3. The molecule has 5 unspecified atom stereocenters. The number of rotatable bonds is 6. The lowest BCUT2D eigenvalue weighted by Crippen LogP contribution is -2.24. The van der Waals surface area contributed by atoms with Crippen LogP contribution < -0.4 is 5.32 Å². The topological polar surface area (TPSA) is 64.1 Å². The first kappa shape index (κ1) is 14.0. The van der Waals surface area contributed by atoms with Gasteiger partial charge in [0.25, 0.3) is 0 Å². The first-order valence-electron chi connectivity index (χ1n) is 8.25. The molecular formula is C17H23N3O2. The van der Waals surface area contributed by atoms with E-state index in [1.165, 1.54) is 6.42 Å². The lowest BCUT2D eigenvalue weighted by Gasteiger charge is -2.04. The first-order valence-corrected chi connectivity index (χ1v) is 8.25. The predicted molar refractivity (Wildman–Crippen MR) is 81.9 cm³/mol. The van der Waals surface area contributed by atoms with Crippen molar-refractivity contribution < 1.29 is 8.94 Å². The Morgan fingerprint density at radius 2 is 1.95 bits per heavy atom. The maximum Gasteiger partial charge on any atom is 0.230 e. The minimum atomic E-state index is 0.335. The molecule has 2 fully saturated rings.